The van der Waals surface area contributed by atoms with E-state index in [2.05, 4.69) is 20.4 Å². The fourth-order valence-electron chi connectivity index (χ4n) is 3.31. The number of amides is 2. The Morgan fingerprint density at radius 3 is 2.41 bits per heavy atom. The number of nitrogens with one attached hydrogen (secondary N) is 2. The van der Waals surface area contributed by atoms with Crippen molar-refractivity contribution in [2.75, 3.05) is 13.7 Å². The monoisotopic (exact) mass is 563 g/mol. The molecule has 0 saturated heterocycles. The molecule has 39 heavy (non-hydrogen) atoms. The molecular formula is C26H24F3N3O6S. The lowest BCUT2D eigenvalue weighted by molar-refractivity contribution is -0.143. The number of ketones is 1. The van der Waals surface area contributed by atoms with Gasteiger partial charge in [0.05, 0.1) is 18.4 Å². The highest BCUT2D eigenvalue weighted by Crippen LogP contribution is 2.27. The Bertz CT molecular complexity index is 1360. The number of benzene rings is 2. The summed E-state index contributed by atoms with van der Waals surface area (Å²) in [5.41, 5.74) is 0.492. The third-order valence-electron chi connectivity index (χ3n) is 5.52. The molecule has 9 nitrogen and oxygen atoms in total. The molecule has 2 N–H and O–H groups in total. The zero-order chi connectivity index (χ0) is 28.7. The van der Waals surface area contributed by atoms with Gasteiger partial charge >= 0.3 is 5.97 Å². The molecule has 0 radical (unpaired) electrons. The first-order valence-corrected chi connectivity index (χ1v) is 12.3. The van der Waals surface area contributed by atoms with Gasteiger partial charge in [-0.2, -0.15) is 4.39 Å². The second kappa shape index (κ2) is 13.0. The van der Waals surface area contributed by atoms with Gasteiger partial charge in [-0.25, -0.2) is 13.8 Å². The van der Waals surface area contributed by atoms with E-state index < -0.39 is 71.9 Å². The Morgan fingerprint density at radius 1 is 1.05 bits per heavy atom. The molecule has 0 saturated carbocycles. The number of aromatic nitrogens is 1. The Morgan fingerprint density at radius 2 is 1.74 bits per heavy atom. The van der Waals surface area contributed by atoms with Crippen molar-refractivity contribution < 1.29 is 41.8 Å². The van der Waals surface area contributed by atoms with Crippen LogP contribution in [0.3, 0.4) is 0 Å². The summed E-state index contributed by atoms with van der Waals surface area (Å²) in [6.45, 7) is 1.55. The van der Waals surface area contributed by atoms with E-state index in [0.717, 1.165) is 35.8 Å². The number of ether oxygens (including phenoxy) is 2. The number of thiazole rings is 1. The average Bonchev–Trinajstić information content (AvgIpc) is 3.42. The van der Waals surface area contributed by atoms with Crippen LogP contribution < -0.4 is 15.4 Å². The molecule has 206 valence electrons. The fourth-order valence-corrected chi connectivity index (χ4v) is 4.14. The summed E-state index contributed by atoms with van der Waals surface area (Å²) in [5, 5.41) is 4.88. The van der Waals surface area contributed by atoms with E-state index in [9.17, 15) is 32.3 Å². The number of Topliss-reactive ketones (excluding diaryl/α,β-unsaturated/α-hetero) is 1. The topological polar surface area (TPSA) is 124 Å². The number of methoxy groups -OCH3 is 1. The number of carbonyl (C=O) groups is 4. The van der Waals surface area contributed by atoms with Gasteiger partial charge in [0.2, 0.25) is 11.7 Å². The van der Waals surface area contributed by atoms with Gasteiger partial charge in [0.25, 0.3) is 5.91 Å². The summed E-state index contributed by atoms with van der Waals surface area (Å²) in [6.07, 6.45) is 0.913. The number of hydrogen-bond acceptors (Lipinski definition) is 8. The van der Waals surface area contributed by atoms with Crippen LogP contribution in [-0.4, -0.2) is 54.4 Å². The SMILES string of the molecule is COC(=O)C[C@H](NC(=O)[C@H](C)NC(=O)c1ncc(-c2ccccc2)s1)C(=O)COc1c(C)c(F)cc(F)c1F. The molecule has 1 aromatic heterocycles. The van der Waals surface area contributed by atoms with Gasteiger partial charge in [0.1, 0.15) is 24.5 Å². The average molecular weight is 564 g/mol. The number of halogens is 3. The number of nitrogens with zero attached hydrogens (tertiary/aromatic N) is 1. The Hall–Kier alpha value is -4.26. The first-order chi connectivity index (χ1) is 18.5. The first-order valence-electron chi connectivity index (χ1n) is 11.5. The van der Waals surface area contributed by atoms with Crippen LogP contribution in [0.4, 0.5) is 13.2 Å². The summed E-state index contributed by atoms with van der Waals surface area (Å²) in [4.78, 5) is 54.8. The number of esters is 1. The molecule has 1 heterocycles. The largest absolute Gasteiger partial charge is 0.482 e. The van der Waals surface area contributed by atoms with E-state index in [1.165, 1.54) is 13.1 Å². The molecule has 0 bridgehead atoms. The van der Waals surface area contributed by atoms with E-state index >= 15 is 0 Å². The van der Waals surface area contributed by atoms with Crippen molar-refractivity contribution in [3.8, 4) is 16.2 Å². The standard InChI is InChI=1S/C26H24F3N3O6S/c1-13-16(27)9-17(28)22(29)23(13)38-12-19(33)18(10-21(34)37-3)32-24(35)14(2)31-25(36)26-30-11-20(39-26)15-7-5-4-6-8-15/h4-9,11,14,18H,10,12H2,1-3H3,(H,31,36)(H,32,35)/t14-,18-/m0/s1. The molecule has 2 atom stereocenters. The summed E-state index contributed by atoms with van der Waals surface area (Å²) >= 11 is 1.12. The van der Waals surface area contributed by atoms with Crippen molar-refractivity contribution in [2.45, 2.75) is 32.4 Å². The van der Waals surface area contributed by atoms with Crippen LogP contribution in [0.5, 0.6) is 5.75 Å². The molecule has 0 spiro atoms. The molecule has 2 amide bonds. The van der Waals surface area contributed by atoms with E-state index in [1.807, 2.05) is 30.3 Å². The van der Waals surface area contributed by atoms with Gasteiger partial charge in [-0.05, 0) is 19.4 Å². The summed E-state index contributed by atoms with van der Waals surface area (Å²) < 4.78 is 50.9. The van der Waals surface area contributed by atoms with Crippen LogP contribution in [-0.2, 0) is 19.1 Å². The second-order valence-electron chi connectivity index (χ2n) is 8.30. The Balaban J connectivity index is 1.65. The molecule has 13 heteroatoms. The minimum absolute atomic E-state index is 0.101. The van der Waals surface area contributed by atoms with E-state index in [4.69, 9.17) is 4.74 Å². The lowest BCUT2D eigenvalue weighted by Crippen LogP contribution is -2.51. The molecule has 3 aromatic rings. The van der Waals surface area contributed by atoms with Gasteiger partial charge in [-0.3, -0.25) is 19.2 Å². The van der Waals surface area contributed by atoms with Crippen molar-refractivity contribution in [3.63, 3.8) is 0 Å². The van der Waals surface area contributed by atoms with E-state index in [-0.39, 0.29) is 10.6 Å². The summed E-state index contributed by atoms with van der Waals surface area (Å²) in [7, 11) is 1.07. The highest BCUT2D eigenvalue weighted by molar-refractivity contribution is 7.17. The predicted molar refractivity (Wildman–Crippen MR) is 135 cm³/mol. The molecule has 0 aliphatic heterocycles. The maximum absolute atomic E-state index is 14.1. The maximum atomic E-state index is 14.1. The molecule has 0 aliphatic rings. The van der Waals surface area contributed by atoms with Gasteiger partial charge in [0, 0.05) is 17.8 Å². The molecule has 2 aromatic carbocycles. The summed E-state index contributed by atoms with van der Waals surface area (Å²) in [5.74, 6) is -8.15. The highest BCUT2D eigenvalue weighted by Gasteiger charge is 2.29. The maximum Gasteiger partial charge on any atom is 0.308 e. The molecule has 0 fully saturated rings. The smallest absolute Gasteiger partial charge is 0.308 e. The molecule has 0 unspecified atom stereocenters. The predicted octanol–water partition coefficient (Wildman–Crippen LogP) is 3.35. The van der Waals surface area contributed by atoms with Crippen LogP contribution >= 0.6 is 11.3 Å². The van der Waals surface area contributed by atoms with Crippen molar-refractivity contribution in [3.05, 3.63) is 70.6 Å². The second-order valence-corrected chi connectivity index (χ2v) is 9.33. The van der Waals surface area contributed by atoms with Crippen molar-refractivity contribution in [1.82, 2.24) is 15.6 Å². The quantitative estimate of drug-likeness (QED) is 0.271. The number of hydrogen-bond donors (Lipinski definition) is 2. The van der Waals surface area contributed by atoms with Gasteiger partial charge in [0.15, 0.2) is 22.4 Å². The van der Waals surface area contributed by atoms with E-state index in [0.29, 0.717) is 6.07 Å². The fraction of sp³-hybridized carbons (Fsp3) is 0.269. The van der Waals surface area contributed by atoms with Gasteiger partial charge < -0.3 is 20.1 Å². The van der Waals surface area contributed by atoms with Crippen LogP contribution in [0.25, 0.3) is 10.4 Å². The number of rotatable bonds is 11. The van der Waals surface area contributed by atoms with Crippen LogP contribution in [0.2, 0.25) is 0 Å². The lowest BCUT2D eigenvalue weighted by Gasteiger charge is -2.20. The van der Waals surface area contributed by atoms with Crippen LogP contribution in [0.15, 0.2) is 42.6 Å². The molecular weight excluding hydrogens is 539 g/mol. The summed E-state index contributed by atoms with van der Waals surface area (Å²) in [6, 6.07) is 6.91. The zero-order valence-electron chi connectivity index (χ0n) is 21.0. The van der Waals surface area contributed by atoms with Crippen molar-refractivity contribution in [1.29, 1.82) is 0 Å². The highest BCUT2D eigenvalue weighted by atomic mass is 32.1. The lowest BCUT2D eigenvalue weighted by atomic mass is 10.1. The third kappa shape index (κ3) is 7.41. The van der Waals surface area contributed by atoms with Crippen LogP contribution in [0.1, 0.15) is 28.7 Å². The first kappa shape index (κ1) is 29.3. The minimum atomic E-state index is -1.51. The number of carbonyl (C=O) groups excluding carboxylic acids is 4. The third-order valence-corrected chi connectivity index (χ3v) is 6.57. The van der Waals surface area contributed by atoms with Gasteiger partial charge in [-0.1, -0.05) is 30.3 Å². The zero-order valence-corrected chi connectivity index (χ0v) is 21.9. The van der Waals surface area contributed by atoms with Crippen molar-refractivity contribution >= 4 is 34.9 Å². The minimum Gasteiger partial charge on any atom is -0.482 e. The van der Waals surface area contributed by atoms with Gasteiger partial charge in [-0.15, -0.1) is 11.3 Å². The van der Waals surface area contributed by atoms with Crippen LogP contribution in [0, 0.1) is 24.4 Å². The van der Waals surface area contributed by atoms with E-state index in [1.54, 1.807) is 0 Å². The Labute approximate surface area is 225 Å². The Kier molecular flexibility index (Phi) is 9.77. The molecule has 0 aliphatic carbocycles. The molecule has 3 rings (SSSR count). The normalized spacial score (nSPS) is 12.3. The van der Waals surface area contributed by atoms with Crippen molar-refractivity contribution in [2.24, 2.45) is 0 Å².